The second-order valence-corrected chi connectivity index (χ2v) is 4.16. The van der Waals surface area contributed by atoms with Crippen molar-refractivity contribution in [3.8, 4) is 0 Å². The summed E-state index contributed by atoms with van der Waals surface area (Å²) in [4.78, 5) is 11.4. The van der Waals surface area contributed by atoms with Gasteiger partial charge in [-0.3, -0.25) is 0 Å². The summed E-state index contributed by atoms with van der Waals surface area (Å²) in [6.07, 6.45) is 5.26. The summed E-state index contributed by atoms with van der Waals surface area (Å²) in [7, 11) is 0. The fourth-order valence-corrected chi connectivity index (χ4v) is 1.76. The van der Waals surface area contributed by atoms with E-state index in [1.54, 1.807) is 0 Å². The third-order valence-electron chi connectivity index (χ3n) is 2.73. The number of carbonyl (C=O) groups excluding carboxylic acids is 1. The van der Waals surface area contributed by atoms with Gasteiger partial charge in [0.05, 0.1) is 12.2 Å². The van der Waals surface area contributed by atoms with Crippen molar-refractivity contribution in [2.24, 2.45) is 0 Å². The van der Waals surface area contributed by atoms with Crippen LogP contribution < -0.4 is 0 Å². The van der Waals surface area contributed by atoms with E-state index in [0.717, 1.165) is 25.7 Å². The maximum Gasteiger partial charge on any atom is 0.336 e. The van der Waals surface area contributed by atoms with Crippen LogP contribution in [0.15, 0.2) is 12.2 Å². The van der Waals surface area contributed by atoms with E-state index >= 15 is 0 Å². The lowest BCUT2D eigenvalue weighted by Gasteiger charge is -2.33. The van der Waals surface area contributed by atoms with E-state index in [1.807, 2.05) is 6.92 Å². The molecule has 0 amide bonds. The molecule has 3 heteroatoms. The summed E-state index contributed by atoms with van der Waals surface area (Å²) in [5.41, 5.74) is -0.204. The highest BCUT2D eigenvalue weighted by Crippen LogP contribution is 2.31. The van der Waals surface area contributed by atoms with E-state index < -0.39 is 5.97 Å². The molecule has 0 bridgehead atoms. The Morgan fingerprint density at radius 3 is 2.50 bits per heavy atom. The maximum atomic E-state index is 11.4. The molecule has 0 atom stereocenters. The molecule has 0 aromatic heterocycles. The standard InChI is InChI=1S/C11H18O3/c1-9(8-12)10(13)14-11(2)6-4-3-5-7-11/h12H,1,3-8H2,2H3. The van der Waals surface area contributed by atoms with Gasteiger partial charge in [0.1, 0.15) is 5.60 Å². The topological polar surface area (TPSA) is 46.5 Å². The van der Waals surface area contributed by atoms with Gasteiger partial charge in [-0.15, -0.1) is 0 Å². The van der Waals surface area contributed by atoms with Crippen LogP contribution in [0.5, 0.6) is 0 Å². The van der Waals surface area contributed by atoms with Crippen molar-refractivity contribution in [3.05, 3.63) is 12.2 Å². The van der Waals surface area contributed by atoms with E-state index in [4.69, 9.17) is 9.84 Å². The van der Waals surface area contributed by atoms with Gasteiger partial charge in [0.2, 0.25) is 0 Å². The molecule has 0 aromatic carbocycles. The average Bonchev–Trinajstić information content (AvgIpc) is 2.17. The minimum absolute atomic E-state index is 0.136. The van der Waals surface area contributed by atoms with Crippen LogP contribution in [0.4, 0.5) is 0 Å². The second-order valence-electron chi connectivity index (χ2n) is 4.16. The van der Waals surface area contributed by atoms with Crippen LogP contribution in [0.3, 0.4) is 0 Å². The first-order valence-electron chi connectivity index (χ1n) is 5.09. The number of hydrogen-bond acceptors (Lipinski definition) is 3. The smallest absolute Gasteiger partial charge is 0.336 e. The van der Waals surface area contributed by atoms with E-state index in [-0.39, 0.29) is 17.8 Å². The molecular formula is C11H18O3. The first-order valence-corrected chi connectivity index (χ1v) is 5.09. The van der Waals surface area contributed by atoms with Gasteiger partial charge in [-0.05, 0) is 32.6 Å². The molecule has 0 radical (unpaired) electrons. The molecule has 1 aliphatic rings. The number of hydrogen-bond donors (Lipinski definition) is 1. The summed E-state index contributed by atoms with van der Waals surface area (Å²) in [6.45, 7) is 5.07. The van der Waals surface area contributed by atoms with E-state index in [2.05, 4.69) is 6.58 Å². The quantitative estimate of drug-likeness (QED) is 0.555. The Labute approximate surface area is 84.8 Å². The predicted molar refractivity (Wildman–Crippen MR) is 53.8 cm³/mol. The van der Waals surface area contributed by atoms with Gasteiger partial charge in [-0.25, -0.2) is 4.79 Å². The van der Waals surface area contributed by atoms with E-state index in [9.17, 15) is 4.79 Å². The molecule has 0 saturated heterocycles. The highest BCUT2D eigenvalue weighted by atomic mass is 16.6. The molecule has 1 rings (SSSR count). The van der Waals surface area contributed by atoms with Gasteiger partial charge in [0, 0.05) is 0 Å². The molecule has 14 heavy (non-hydrogen) atoms. The zero-order valence-electron chi connectivity index (χ0n) is 8.71. The summed E-state index contributed by atoms with van der Waals surface area (Å²) < 4.78 is 5.33. The molecule has 0 aromatic rings. The number of aliphatic hydroxyl groups excluding tert-OH is 1. The van der Waals surface area contributed by atoms with Gasteiger partial charge in [0.15, 0.2) is 0 Å². The van der Waals surface area contributed by atoms with Gasteiger partial charge in [-0.1, -0.05) is 13.0 Å². The summed E-state index contributed by atoms with van der Waals surface area (Å²) in [5.74, 6) is -0.461. The number of ether oxygens (including phenoxy) is 1. The van der Waals surface area contributed by atoms with Crippen LogP contribution in [0.1, 0.15) is 39.0 Å². The SMILES string of the molecule is C=C(CO)C(=O)OC1(C)CCCCC1. The van der Waals surface area contributed by atoms with E-state index in [0.29, 0.717) is 0 Å². The Bertz CT molecular complexity index is 227. The Hall–Kier alpha value is -0.830. The van der Waals surface area contributed by atoms with Crippen molar-refractivity contribution in [1.29, 1.82) is 0 Å². The molecule has 80 valence electrons. The molecule has 0 spiro atoms. The summed E-state index contributed by atoms with van der Waals surface area (Å²) in [5, 5.41) is 8.72. The molecule has 1 aliphatic carbocycles. The highest BCUT2D eigenvalue weighted by Gasteiger charge is 2.31. The van der Waals surface area contributed by atoms with Crippen LogP contribution in [-0.4, -0.2) is 23.3 Å². The third kappa shape index (κ3) is 2.84. The molecule has 1 saturated carbocycles. The van der Waals surface area contributed by atoms with Crippen molar-refractivity contribution in [2.45, 2.75) is 44.6 Å². The number of esters is 1. The average molecular weight is 198 g/mol. The molecule has 0 heterocycles. The van der Waals surface area contributed by atoms with Crippen molar-refractivity contribution >= 4 is 5.97 Å². The van der Waals surface area contributed by atoms with Gasteiger partial charge in [-0.2, -0.15) is 0 Å². The zero-order valence-corrected chi connectivity index (χ0v) is 8.71. The lowest BCUT2D eigenvalue weighted by Crippen LogP contribution is -2.34. The largest absolute Gasteiger partial charge is 0.456 e. The van der Waals surface area contributed by atoms with Crippen molar-refractivity contribution in [1.82, 2.24) is 0 Å². The number of rotatable bonds is 3. The second kappa shape index (κ2) is 4.60. The highest BCUT2D eigenvalue weighted by molar-refractivity contribution is 5.88. The van der Waals surface area contributed by atoms with Gasteiger partial charge < -0.3 is 9.84 Å². The Kier molecular flexibility index (Phi) is 3.69. The van der Waals surface area contributed by atoms with E-state index in [1.165, 1.54) is 6.42 Å². The minimum Gasteiger partial charge on any atom is -0.456 e. The van der Waals surface area contributed by atoms with Crippen molar-refractivity contribution in [2.75, 3.05) is 6.61 Å². The fourth-order valence-electron chi connectivity index (χ4n) is 1.76. The maximum absolute atomic E-state index is 11.4. The van der Waals surface area contributed by atoms with Gasteiger partial charge in [0.25, 0.3) is 0 Å². The van der Waals surface area contributed by atoms with Crippen LogP contribution in [-0.2, 0) is 9.53 Å². The van der Waals surface area contributed by atoms with Crippen molar-refractivity contribution in [3.63, 3.8) is 0 Å². The Morgan fingerprint density at radius 1 is 1.43 bits per heavy atom. The molecule has 0 unspecified atom stereocenters. The molecule has 0 aliphatic heterocycles. The first-order chi connectivity index (χ1) is 6.57. The van der Waals surface area contributed by atoms with Crippen LogP contribution in [0.25, 0.3) is 0 Å². The molecule has 3 nitrogen and oxygen atoms in total. The number of carbonyl (C=O) groups is 1. The van der Waals surface area contributed by atoms with Crippen LogP contribution >= 0.6 is 0 Å². The third-order valence-corrected chi connectivity index (χ3v) is 2.73. The zero-order chi connectivity index (χ0) is 10.6. The Balaban J connectivity index is 2.49. The van der Waals surface area contributed by atoms with Crippen LogP contribution in [0, 0.1) is 0 Å². The normalized spacial score (nSPS) is 20.1. The lowest BCUT2D eigenvalue weighted by atomic mass is 9.86. The molecule has 1 N–H and O–H groups in total. The van der Waals surface area contributed by atoms with Crippen LogP contribution in [0.2, 0.25) is 0 Å². The minimum atomic E-state index is -0.461. The number of aliphatic hydroxyl groups is 1. The molecular weight excluding hydrogens is 180 g/mol. The van der Waals surface area contributed by atoms with Gasteiger partial charge >= 0.3 is 5.97 Å². The Morgan fingerprint density at radius 2 is 2.00 bits per heavy atom. The monoisotopic (exact) mass is 198 g/mol. The summed E-state index contributed by atoms with van der Waals surface area (Å²) in [6, 6.07) is 0. The van der Waals surface area contributed by atoms with Crippen molar-refractivity contribution < 1.29 is 14.6 Å². The predicted octanol–water partition coefficient (Wildman–Crippen LogP) is 1.80. The first kappa shape index (κ1) is 11.2. The lowest BCUT2D eigenvalue weighted by molar-refractivity contribution is -0.156. The summed E-state index contributed by atoms with van der Waals surface area (Å²) >= 11 is 0. The fraction of sp³-hybridized carbons (Fsp3) is 0.727. The molecule has 1 fully saturated rings.